The molecule has 1 amide bonds. The highest BCUT2D eigenvalue weighted by atomic mass is 35.5. The van der Waals surface area contributed by atoms with Gasteiger partial charge in [-0.05, 0) is 24.3 Å². The Morgan fingerprint density at radius 2 is 1.96 bits per heavy atom. The van der Waals surface area contributed by atoms with Gasteiger partial charge in [-0.1, -0.05) is 23.7 Å². The average molecular weight is 330 g/mol. The molecule has 0 unspecified atom stereocenters. The number of fused-ring (bicyclic) bond motifs is 1. The number of nitro benzene ring substituents is 1. The van der Waals surface area contributed by atoms with Crippen molar-refractivity contribution < 1.29 is 9.72 Å². The minimum absolute atomic E-state index is 0.0609. The summed E-state index contributed by atoms with van der Waals surface area (Å²) in [7, 11) is 1.65. The van der Waals surface area contributed by atoms with E-state index in [1.807, 2.05) is 0 Å². The summed E-state index contributed by atoms with van der Waals surface area (Å²) in [6.45, 7) is -0.0792. The van der Waals surface area contributed by atoms with Gasteiger partial charge in [0, 0.05) is 23.7 Å². The molecule has 0 spiro atoms. The molecule has 2 aromatic carbocycles. The number of rotatable bonds is 2. The van der Waals surface area contributed by atoms with Gasteiger partial charge in [0.1, 0.15) is 6.54 Å². The van der Waals surface area contributed by atoms with Crippen LogP contribution in [-0.4, -0.2) is 30.1 Å². The lowest BCUT2D eigenvalue weighted by Crippen LogP contribution is -2.27. The van der Waals surface area contributed by atoms with Gasteiger partial charge in [0.2, 0.25) is 5.91 Å². The number of amides is 1. The normalized spacial score (nSPS) is 14.1. The molecule has 0 bridgehead atoms. The van der Waals surface area contributed by atoms with Crippen LogP contribution in [0.2, 0.25) is 5.02 Å². The quantitative estimate of drug-likeness (QED) is 0.627. The number of nitro groups is 1. The Kier molecular flexibility index (Phi) is 3.83. The topological polar surface area (TPSA) is 75.8 Å². The third-order valence-electron chi connectivity index (χ3n) is 3.68. The zero-order chi connectivity index (χ0) is 16.6. The molecule has 0 aliphatic carbocycles. The van der Waals surface area contributed by atoms with E-state index in [4.69, 9.17) is 11.6 Å². The lowest BCUT2D eigenvalue weighted by atomic mass is 9.99. The van der Waals surface area contributed by atoms with E-state index < -0.39 is 4.92 Å². The zero-order valence-electron chi connectivity index (χ0n) is 12.2. The van der Waals surface area contributed by atoms with Gasteiger partial charge in [-0.15, -0.1) is 0 Å². The summed E-state index contributed by atoms with van der Waals surface area (Å²) >= 11 is 6.08. The number of para-hydroxylation sites is 1. The van der Waals surface area contributed by atoms with Gasteiger partial charge in [-0.25, -0.2) is 0 Å². The first-order chi connectivity index (χ1) is 11.0. The van der Waals surface area contributed by atoms with Crippen LogP contribution in [0.4, 0.5) is 11.4 Å². The van der Waals surface area contributed by atoms with Gasteiger partial charge in [0.05, 0.1) is 21.9 Å². The summed E-state index contributed by atoms with van der Waals surface area (Å²) in [5, 5.41) is 11.8. The molecule has 3 rings (SSSR count). The minimum Gasteiger partial charge on any atom is -0.313 e. The number of halogens is 1. The Bertz CT molecular complexity index is 848. The summed E-state index contributed by atoms with van der Waals surface area (Å²) < 4.78 is 0. The molecule has 0 radical (unpaired) electrons. The Morgan fingerprint density at radius 1 is 1.22 bits per heavy atom. The Balaban J connectivity index is 2.28. The van der Waals surface area contributed by atoms with Crippen molar-refractivity contribution in [3.8, 4) is 0 Å². The monoisotopic (exact) mass is 329 g/mol. The second-order valence-electron chi connectivity index (χ2n) is 5.05. The van der Waals surface area contributed by atoms with E-state index in [-0.39, 0.29) is 18.1 Å². The fourth-order valence-electron chi connectivity index (χ4n) is 2.53. The number of aliphatic imine (C=N–C) groups is 1. The van der Waals surface area contributed by atoms with Crippen LogP contribution in [0.5, 0.6) is 0 Å². The van der Waals surface area contributed by atoms with Gasteiger partial charge in [-0.2, -0.15) is 0 Å². The maximum atomic E-state index is 12.1. The largest absolute Gasteiger partial charge is 0.313 e. The maximum Gasteiger partial charge on any atom is 0.278 e. The first kappa shape index (κ1) is 15.2. The number of hydrogen-bond acceptors (Lipinski definition) is 4. The molecule has 0 saturated heterocycles. The summed E-state index contributed by atoms with van der Waals surface area (Å²) in [4.78, 5) is 28.8. The summed E-state index contributed by atoms with van der Waals surface area (Å²) in [6.07, 6.45) is 0. The number of carbonyl (C=O) groups is 1. The molecular formula is C16H12ClN3O3. The van der Waals surface area contributed by atoms with E-state index in [2.05, 4.69) is 4.99 Å². The number of hydrogen-bond donors (Lipinski definition) is 0. The predicted molar refractivity (Wildman–Crippen MR) is 88.5 cm³/mol. The van der Waals surface area contributed by atoms with Gasteiger partial charge < -0.3 is 4.90 Å². The van der Waals surface area contributed by atoms with E-state index >= 15 is 0 Å². The highest BCUT2D eigenvalue weighted by Crippen LogP contribution is 2.31. The molecule has 0 atom stereocenters. The van der Waals surface area contributed by atoms with Crippen LogP contribution in [0.25, 0.3) is 0 Å². The van der Waals surface area contributed by atoms with Crippen molar-refractivity contribution in [1.82, 2.24) is 0 Å². The fourth-order valence-corrected chi connectivity index (χ4v) is 2.70. The van der Waals surface area contributed by atoms with Crippen molar-refractivity contribution in [2.45, 2.75) is 0 Å². The van der Waals surface area contributed by atoms with Crippen LogP contribution in [-0.2, 0) is 4.79 Å². The van der Waals surface area contributed by atoms with Gasteiger partial charge >= 0.3 is 0 Å². The molecule has 2 aromatic rings. The Morgan fingerprint density at radius 3 is 2.70 bits per heavy atom. The van der Waals surface area contributed by atoms with Crippen molar-refractivity contribution in [2.24, 2.45) is 4.99 Å². The molecule has 6 nitrogen and oxygen atoms in total. The van der Waals surface area contributed by atoms with Crippen LogP contribution >= 0.6 is 11.6 Å². The van der Waals surface area contributed by atoms with Crippen molar-refractivity contribution in [3.05, 3.63) is 68.7 Å². The van der Waals surface area contributed by atoms with Crippen LogP contribution in [0.15, 0.2) is 47.5 Å². The smallest absolute Gasteiger partial charge is 0.278 e. The van der Waals surface area contributed by atoms with Crippen molar-refractivity contribution >= 4 is 34.6 Å². The lowest BCUT2D eigenvalue weighted by Gasteiger charge is -2.18. The number of anilines is 1. The number of benzene rings is 2. The van der Waals surface area contributed by atoms with E-state index in [0.717, 1.165) is 0 Å². The molecule has 116 valence electrons. The minimum atomic E-state index is -0.460. The SMILES string of the molecule is CN1C(=O)CN=C(c2ccccc2[N+](=O)[O-])c2cc(Cl)ccc21. The zero-order valence-corrected chi connectivity index (χ0v) is 12.9. The molecule has 1 heterocycles. The predicted octanol–water partition coefficient (Wildman–Crippen LogP) is 3.06. The van der Waals surface area contributed by atoms with Gasteiger partial charge in [-0.3, -0.25) is 19.9 Å². The second-order valence-corrected chi connectivity index (χ2v) is 5.49. The Hall–Kier alpha value is -2.73. The first-order valence-corrected chi connectivity index (χ1v) is 7.21. The van der Waals surface area contributed by atoms with Gasteiger partial charge in [0.15, 0.2) is 0 Å². The number of nitrogens with zero attached hydrogens (tertiary/aromatic N) is 3. The van der Waals surface area contributed by atoms with Crippen LogP contribution in [0, 0.1) is 10.1 Å². The third kappa shape index (κ3) is 2.68. The highest BCUT2D eigenvalue weighted by molar-refractivity contribution is 6.32. The number of likely N-dealkylation sites (N-methyl/N-ethyl adjacent to an activating group) is 1. The third-order valence-corrected chi connectivity index (χ3v) is 3.91. The molecule has 1 aliphatic heterocycles. The average Bonchev–Trinajstić information content (AvgIpc) is 2.65. The molecule has 7 heteroatoms. The molecular weight excluding hydrogens is 318 g/mol. The van der Waals surface area contributed by atoms with Crippen molar-refractivity contribution in [2.75, 3.05) is 18.5 Å². The van der Waals surface area contributed by atoms with E-state index in [0.29, 0.717) is 27.5 Å². The summed E-state index contributed by atoms with van der Waals surface area (Å²) in [6, 6.07) is 11.4. The fraction of sp³-hybridized carbons (Fsp3) is 0.125. The molecule has 0 saturated carbocycles. The lowest BCUT2D eigenvalue weighted by molar-refractivity contribution is -0.385. The summed E-state index contributed by atoms with van der Waals surface area (Å²) in [5.74, 6) is -0.192. The highest BCUT2D eigenvalue weighted by Gasteiger charge is 2.26. The van der Waals surface area contributed by atoms with Crippen molar-refractivity contribution in [1.29, 1.82) is 0 Å². The van der Waals surface area contributed by atoms with Crippen LogP contribution in [0.3, 0.4) is 0 Å². The first-order valence-electron chi connectivity index (χ1n) is 6.84. The molecule has 23 heavy (non-hydrogen) atoms. The van der Waals surface area contributed by atoms with Gasteiger partial charge in [0.25, 0.3) is 5.69 Å². The van der Waals surface area contributed by atoms with Crippen molar-refractivity contribution in [3.63, 3.8) is 0 Å². The standard InChI is InChI=1S/C16H12ClN3O3/c1-19-13-7-6-10(17)8-12(13)16(18-9-15(19)21)11-4-2-3-5-14(11)20(22)23/h2-8H,9H2,1H3. The van der Waals surface area contributed by atoms with E-state index in [1.54, 1.807) is 43.4 Å². The molecule has 1 aliphatic rings. The summed E-state index contributed by atoms with van der Waals surface area (Å²) in [5.41, 5.74) is 1.92. The second kappa shape index (κ2) is 5.81. The van der Waals surface area contributed by atoms with E-state index in [9.17, 15) is 14.9 Å². The van der Waals surface area contributed by atoms with Crippen LogP contribution in [0.1, 0.15) is 11.1 Å². The maximum absolute atomic E-state index is 12.1. The van der Waals surface area contributed by atoms with E-state index in [1.165, 1.54) is 11.0 Å². The number of carbonyl (C=O) groups excluding carboxylic acids is 1. The number of benzodiazepines with no additional fused rings is 1. The Labute approximate surface area is 137 Å². The molecule has 0 aromatic heterocycles. The molecule has 0 N–H and O–H groups in total. The molecule has 0 fully saturated rings. The van der Waals surface area contributed by atoms with Crippen LogP contribution < -0.4 is 4.90 Å².